The van der Waals surface area contributed by atoms with Gasteiger partial charge in [0.15, 0.2) is 5.43 Å². The molecule has 0 fully saturated rings. The van der Waals surface area contributed by atoms with Gasteiger partial charge in [0.05, 0.1) is 17.8 Å². The largest absolute Gasteiger partial charge is 0.748 e. The molecule has 4 rings (SSSR count). The van der Waals surface area contributed by atoms with Gasteiger partial charge in [-0.05, 0) is 25.1 Å². The Hall–Kier alpha value is -2.55. The number of hydrogen-bond donors (Lipinski definition) is 0. The molecule has 4 aromatic rings. The molecule has 0 N–H and O–H groups in total. The second-order valence-corrected chi connectivity index (χ2v) is 5.17. The van der Waals surface area contributed by atoms with E-state index in [1.165, 1.54) is 6.07 Å². The van der Waals surface area contributed by atoms with E-state index in [0.717, 1.165) is 5.56 Å². The summed E-state index contributed by atoms with van der Waals surface area (Å²) in [6.45, 7) is 2.40. The monoisotopic (exact) mass is 374 g/mol. The van der Waals surface area contributed by atoms with Gasteiger partial charge in [0, 0.05) is 17.1 Å². The Morgan fingerprint density at radius 2 is 1.68 bits per heavy atom. The summed E-state index contributed by atoms with van der Waals surface area (Å²) in [7, 11) is 0. The first kappa shape index (κ1) is 18.8. The van der Waals surface area contributed by atoms with E-state index in [9.17, 15) is 4.79 Å². The number of hydrogen-bond acceptors (Lipinski definition) is 3. The SMILES string of the molecule is CCOc1cccc2oc(-[c-]3cccc3)cc(=O)c12.[Fe].[cH-]1[cH-][cH-][cH-][cH-]1. The molecule has 0 saturated heterocycles. The van der Waals surface area contributed by atoms with Crippen LogP contribution in [0.3, 0.4) is 0 Å². The molecule has 0 atom stereocenters. The first-order valence-corrected chi connectivity index (χ1v) is 7.88. The standard InChI is InChI=1S/C16H13O3.C5H5.Fe/c1-2-18-13-8-5-9-14-16(13)12(17)10-15(19-14)11-6-3-4-7-11;1-2-4-5-3-1;/h3-10H,2H2,1H3;1-5H;/q-1;-5;. The van der Waals surface area contributed by atoms with Crippen molar-refractivity contribution in [3.8, 4) is 17.1 Å². The summed E-state index contributed by atoms with van der Waals surface area (Å²) in [5, 5.41) is 0.500. The maximum atomic E-state index is 12.3. The van der Waals surface area contributed by atoms with E-state index < -0.39 is 0 Å². The zero-order valence-electron chi connectivity index (χ0n) is 13.8. The normalized spacial score (nSPS) is 9.80. The van der Waals surface area contributed by atoms with Gasteiger partial charge in [-0.1, -0.05) is 11.6 Å². The molecule has 0 unspecified atom stereocenters. The molecule has 1 heterocycles. The molecule has 1 aromatic heterocycles. The van der Waals surface area contributed by atoms with Gasteiger partial charge < -0.3 is 39.5 Å². The van der Waals surface area contributed by atoms with E-state index in [0.29, 0.717) is 29.1 Å². The second kappa shape index (κ2) is 9.07. The first-order chi connectivity index (χ1) is 11.8. The predicted molar refractivity (Wildman–Crippen MR) is 96.7 cm³/mol. The number of fused-ring (bicyclic) bond motifs is 1. The van der Waals surface area contributed by atoms with Crippen molar-refractivity contribution in [3.05, 3.63) is 89.1 Å². The molecule has 134 valence electrons. The van der Waals surface area contributed by atoms with Crippen LogP contribution in [0.25, 0.3) is 22.3 Å². The molecular formula is C21H18FeO3-6. The number of rotatable bonds is 3. The van der Waals surface area contributed by atoms with Crippen molar-refractivity contribution in [1.82, 2.24) is 0 Å². The fourth-order valence-corrected chi connectivity index (χ4v) is 2.46. The van der Waals surface area contributed by atoms with Gasteiger partial charge >= 0.3 is 0 Å². The van der Waals surface area contributed by atoms with Crippen LogP contribution in [0.2, 0.25) is 0 Å². The molecule has 3 aromatic carbocycles. The summed E-state index contributed by atoms with van der Waals surface area (Å²) < 4.78 is 11.3. The van der Waals surface area contributed by atoms with Gasteiger partial charge in [0.1, 0.15) is 11.3 Å². The van der Waals surface area contributed by atoms with E-state index in [-0.39, 0.29) is 22.5 Å². The van der Waals surface area contributed by atoms with Crippen molar-refractivity contribution in [2.24, 2.45) is 0 Å². The van der Waals surface area contributed by atoms with Crippen molar-refractivity contribution in [3.63, 3.8) is 0 Å². The summed E-state index contributed by atoms with van der Waals surface area (Å²) >= 11 is 0. The van der Waals surface area contributed by atoms with Crippen molar-refractivity contribution >= 4 is 11.0 Å². The number of benzene rings is 1. The zero-order valence-corrected chi connectivity index (χ0v) is 14.9. The van der Waals surface area contributed by atoms with Crippen molar-refractivity contribution < 1.29 is 26.2 Å². The van der Waals surface area contributed by atoms with Crippen LogP contribution in [0.1, 0.15) is 6.92 Å². The second-order valence-electron chi connectivity index (χ2n) is 5.17. The molecule has 0 bridgehead atoms. The molecule has 0 radical (unpaired) electrons. The third-order valence-electron chi connectivity index (χ3n) is 3.52. The Balaban J connectivity index is 0.000000325. The van der Waals surface area contributed by atoms with Gasteiger partial charge in [-0.3, -0.25) is 4.79 Å². The summed E-state index contributed by atoms with van der Waals surface area (Å²) in [4.78, 5) is 12.3. The van der Waals surface area contributed by atoms with Crippen LogP contribution in [0, 0.1) is 0 Å². The Kier molecular flexibility index (Phi) is 6.81. The van der Waals surface area contributed by atoms with Crippen LogP contribution in [-0.4, -0.2) is 6.61 Å². The van der Waals surface area contributed by atoms with E-state index in [1.807, 2.05) is 67.6 Å². The van der Waals surface area contributed by atoms with Gasteiger partial charge in [-0.2, -0.15) is 12.1 Å². The average molecular weight is 374 g/mol. The minimum Gasteiger partial charge on any atom is -0.748 e. The van der Waals surface area contributed by atoms with E-state index in [1.54, 1.807) is 12.1 Å². The van der Waals surface area contributed by atoms with Gasteiger partial charge in [-0.25, -0.2) is 0 Å². The molecule has 0 aliphatic carbocycles. The van der Waals surface area contributed by atoms with Crippen molar-refractivity contribution in [2.45, 2.75) is 6.92 Å². The van der Waals surface area contributed by atoms with Crippen LogP contribution < -0.4 is 10.2 Å². The summed E-state index contributed by atoms with van der Waals surface area (Å²) in [5.74, 6) is 1.15. The minimum atomic E-state index is -0.0819. The number of ether oxygens (including phenoxy) is 1. The molecule has 0 aliphatic rings. The quantitative estimate of drug-likeness (QED) is 0.375. The molecular weight excluding hydrogens is 356 g/mol. The van der Waals surface area contributed by atoms with Crippen molar-refractivity contribution in [1.29, 1.82) is 0 Å². The summed E-state index contributed by atoms with van der Waals surface area (Å²) in [6, 6.07) is 24.6. The Morgan fingerprint density at radius 3 is 2.28 bits per heavy atom. The molecule has 0 spiro atoms. The zero-order chi connectivity index (χ0) is 16.8. The van der Waals surface area contributed by atoms with E-state index >= 15 is 0 Å². The van der Waals surface area contributed by atoms with Gasteiger partial charge in [0.25, 0.3) is 0 Å². The third kappa shape index (κ3) is 4.50. The molecule has 0 saturated carbocycles. The Morgan fingerprint density at radius 1 is 1.04 bits per heavy atom. The first-order valence-electron chi connectivity index (χ1n) is 7.88. The van der Waals surface area contributed by atoms with E-state index in [2.05, 4.69) is 0 Å². The summed E-state index contributed by atoms with van der Waals surface area (Å²) in [5.41, 5.74) is 1.37. The van der Waals surface area contributed by atoms with Crippen LogP contribution in [0.5, 0.6) is 5.75 Å². The fourth-order valence-electron chi connectivity index (χ4n) is 2.46. The fraction of sp³-hybridized carbons (Fsp3) is 0.0952. The predicted octanol–water partition coefficient (Wildman–Crippen LogP) is 4.98. The molecule has 0 aliphatic heterocycles. The Labute approximate surface area is 157 Å². The molecule has 4 heteroatoms. The molecule has 3 nitrogen and oxygen atoms in total. The smallest absolute Gasteiger partial charge is 0.157 e. The van der Waals surface area contributed by atoms with Crippen molar-refractivity contribution in [2.75, 3.05) is 6.61 Å². The van der Waals surface area contributed by atoms with Gasteiger partial charge in [0.2, 0.25) is 0 Å². The maximum absolute atomic E-state index is 12.3. The topological polar surface area (TPSA) is 39.4 Å². The molecule has 25 heavy (non-hydrogen) atoms. The van der Waals surface area contributed by atoms with Crippen LogP contribution in [0.15, 0.2) is 88.1 Å². The van der Waals surface area contributed by atoms with Crippen LogP contribution in [-0.2, 0) is 17.1 Å². The average Bonchev–Trinajstić information content (AvgIpc) is 3.31. The van der Waals surface area contributed by atoms with Gasteiger partial charge in [-0.15, -0.1) is 12.1 Å². The summed E-state index contributed by atoms with van der Waals surface area (Å²) in [6.07, 6.45) is 0. The van der Waals surface area contributed by atoms with Crippen LogP contribution >= 0.6 is 0 Å². The van der Waals surface area contributed by atoms with E-state index in [4.69, 9.17) is 9.15 Å². The molecule has 0 amide bonds. The third-order valence-corrected chi connectivity index (χ3v) is 3.52. The maximum Gasteiger partial charge on any atom is 0.157 e. The Bertz CT molecular complexity index is 918. The minimum absolute atomic E-state index is 0. The van der Waals surface area contributed by atoms with Crippen LogP contribution in [0.4, 0.5) is 0 Å².